The van der Waals surface area contributed by atoms with Gasteiger partial charge in [0.1, 0.15) is 17.3 Å². The standard InChI is InChI=1S/C18H13F6N3/c19-14-2-1-3-15(20)12(14)8-25-11-6-4-10(5-7-11)13-9-27(18(23)24)26-16(13)17(21)22/h1-7,9,17-18,25H,8H2. The Morgan fingerprint density at radius 2 is 1.56 bits per heavy atom. The molecule has 0 aliphatic heterocycles. The summed E-state index contributed by atoms with van der Waals surface area (Å²) in [6, 6.07) is 9.36. The molecule has 3 nitrogen and oxygen atoms in total. The van der Waals surface area contributed by atoms with Gasteiger partial charge in [-0.25, -0.2) is 22.2 Å². The summed E-state index contributed by atoms with van der Waals surface area (Å²) in [5.41, 5.74) is -0.262. The van der Waals surface area contributed by atoms with Gasteiger partial charge >= 0.3 is 6.55 Å². The van der Waals surface area contributed by atoms with Crippen LogP contribution in [-0.4, -0.2) is 9.78 Å². The Kier molecular flexibility index (Phi) is 5.38. The highest BCUT2D eigenvalue weighted by atomic mass is 19.3. The maximum absolute atomic E-state index is 13.6. The number of benzene rings is 2. The lowest BCUT2D eigenvalue weighted by Crippen LogP contribution is -2.04. The molecule has 3 rings (SSSR count). The minimum absolute atomic E-state index is 0.114. The van der Waals surface area contributed by atoms with Crippen molar-refractivity contribution in [1.82, 2.24) is 9.78 Å². The maximum Gasteiger partial charge on any atom is 0.333 e. The van der Waals surface area contributed by atoms with E-state index < -0.39 is 30.3 Å². The highest BCUT2D eigenvalue weighted by Gasteiger charge is 2.22. The first-order chi connectivity index (χ1) is 12.9. The summed E-state index contributed by atoms with van der Waals surface area (Å²) in [7, 11) is 0. The summed E-state index contributed by atoms with van der Waals surface area (Å²) >= 11 is 0. The van der Waals surface area contributed by atoms with Crippen LogP contribution < -0.4 is 5.32 Å². The lowest BCUT2D eigenvalue weighted by Gasteiger charge is -2.09. The Bertz CT molecular complexity index is 901. The Balaban J connectivity index is 1.80. The van der Waals surface area contributed by atoms with Crippen LogP contribution >= 0.6 is 0 Å². The van der Waals surface area contributed by atoms with E-state index in [0.29, 0.717) is 5.69 Å². The van der Waals surface area contributed by atoms with Crippen LogP contribution in [0.2, 0.25) is 0 Å². The fraction of sp³-hybridized carbons (Fsp3) is 0.167. The molecule has 0 amide bonds. The summed E-state index contributed by atoms with van der Waals surface area (Å²) in [4.78, 5) is 0. The van der Waals surface area contributed by atoms with Gasteiger partial charge in [-0.1, -0.05) is 18.2 Å². The van der Waals surface area contributed by atoms with Gasteiger partial charge in [-0.3, -0.25) is 0 Å². The molecule has 0 aliphatic rings. The molecule has 1 aromatic heterocycles. The smallest absolute Gasteiger partial charge is 0.333 e. The number of anilines is 1. The molecule has 0 saturated carbocycles. The average molecular weight is 385 g/mol. The highest BCUT2D eigenvalue weighted by molar-refractivity contribution is 5.68. The predicted octanol–water partition coefficient (Wildman–Crippen LogP) is 5.77. The van der Waals surface area contributed by atoms with Crippen LogP contribution in [0.15, 0.2) is 48.7 Å². The lowest BCUT2D eigenvalue weighted by molar-refractivity contribution is 0.0537. The van der Waals surface area contributed by atoms with Gasteiger partial charge in [-0.2, -0.15) is 13.9 Å². The molecule has 0 fully saturated rings. The van der Waals surface area contributed by atoms with Crippen LogP contribution in [0.3, 0.4) is 0 Å². The van der Waals surface area contributed by atoms with E-state index >= 15 is 0 Å². The van der Waals surface area contributed by atoms with Crippen molar-refractivity contribution in [3.63, 3.8) is 0 Å². The molecule has 3 aromatic rings. The number of aromatic nitrogens is 2. The number of nitrogens with zero attached hydrogens (tertiary/aromatic N) is 2. The lowest BCUT2D eigenvalue weighted by atomic mass is 10.1. The first-order valence-electron chi connectivity index (χ1n) is 7.79. The first kappa shape index (κ1) is 18.8. The second-order valence-electron chi connectivity index (χ2n) is 5.62. The Morgan fingerprint density at radius 1 is 0.926 bits per heavy atom. The van der Waals surface area contributed by atoms with Crippen LogP contribution in [0.5, 0.6) is 0 Å². The molecule has 0 spiro atoms. The summed E-state index contributed by atoms with van der Waals surface area (Å²) < 4.78 is 78.9. The minimum Gasteiger partial charge on any atom is -0.381 e. The molecular formula is C18H13F6N3. The van der Waals surface area contributed by atoms with Gasteiger partial charge in [-0.15, -0.1) is 0 Å². The van der Waals surface area contributed by atoms with Gasteiger partial charge in [0.2, 0.25) is 0 Å². The minimum atomic E-state index is -3.03. The molecule has 0 atom stereocenters. The van der Waals surface area contributed by atoms with Crippen LogP contribution in [-0.2, 0) is 6.54 Å². The Morgan fingerprint density at radius 3 is 2.11 bits per heavy atom. The normalized spacial score (nSPS) is 11.4. The van der Waals surface area contributed by atoms with E-state index in [2.05, 4.69) is 10.4 Å². The van der Waals surface area contributed by atoms with Crippen molar-refractivity contribution in [2.45, 2.75) is 19.5 Å². The quantitative estimate of drug-likeness (QED) is 0.546. The Labute approximate surface area is 150 Å². The van der Waals surface area contributed by atoms with Crippen LogP contribution in [0.4, 0.5) is 32.0 Å². The molecule has 2 aromatic carbocycles. The zero-order valence-electron chi connectivity index (χ0n) is 13.6. The zero-order chi connectivity index (χ0) is 19.6. The van der Waals surface area contributed by atoms with Gasteiger partial charge in [0.05, 0.1) is 0 Å². The molecule has 27 heavy (non-hydrogen) atoms. The van der Waals surface area contributed by atoms with E-state index in [9.17, 15) is 26.3 Å². The zero-order valence-corrected chi connectivity index (χ0v) is 13.6. The van der Waals surface area contributed by atoms with E-state index in [1.165, 1.54) is 30.3 Å². The number of alkyl halides is 4. The van der Waals surface area contributed by atoms with Crippen LogP contribution in [0.25, 0.3) is 11.1 Å². The topological polar surface area (TPSA) is 29.9 Å². The second kappa shape index (κ2) is 7.73. The van der Waals surface area contributed by atoms with Crippen molar-refractivity contribution < 1.29 is 26.3 Å². The van der Waals surface area contributed by atoms with Gasteiger partial charge in [-0.05, 0) is 29.8 Å². The van der Waals surface area contributed by atoms with Crippen molar-refractivity contribution in [3.8, 4) is 11.1 Å². The molecule has 1 N–H and O–H groups in total. The van der Waals surface area contributed by atoms with E-state index in [4.69, 9.17) is 0 Å². The highest BCUT2D eigenvalue weighted by Crippen LogP contribution is 2.32. The molecule has 142 valence electrons. The second-order valence-corrected chi connectivity index (χ2v) is 5.62. The molecule has 0 bridgehead atoms. The molecule has 1 heterocycles. The van der Waals surface area contributed by atoms with Crippen LogP contribution in [0, 0.1) is 11.6 Å². The summed E-state index contributed by atoms with van der Waals surface area (Å²) in [6.07, 6.45) is -2.16. The molecule has 9 heteroatoms. The number of hydrogen-bond acceptors (Lipinski definition) is 2. The van der Waals surface area contributed by atoms with Crippen molar-refractivity contribution in [1.29, 1.82) is 0 Å². The Hall–Kier alpha value is -2.97. The molecule has 0 aliphatic carbocycles. The van der Waals surface area contributed by atoms with Gasteiger partial charge < -0.3 is 5.32 Å². The molecule has 0 radical (unpaired) electrons. The van der Waals surface area contributed by atoms with Crippen molar-refractivity contribution >= 4 is 5.69 Å². The monoisotopic (exact) mass is 385 g/mol. The predicted molar refractivity (Wildman–Crippen MR) is 87.6 cm³/mol. The summed E-state index contributed by atoms with van der Waals surface area (Å²) in [5.74, 6) is -1.39. The third kappa shape index (κ3) is 4.07. The molecular weight excluding hydrogens is 372 g/mol. The van der Waals surface area contributed by atoms with Crippen molar-refractivity contribution in [3.05, 3.63) is 71.6 Å². The largest absolute Gasteiger partial charge is 0.381 e. The van der Waals surface area contributed by atoms with Gasteiger partial charge in [0, 0.05) is 29.6 Å². The average Bonchev–Trinajstić information content (AvgIpc) is 3.08. The SMILES string of the molecule is Fc1cccc(F)c1CNc1ccc(-c2cn(C(F)F)nc2C(F)F)cc1. The van der Waals surface area contributed by atoms with Gasteiger partial charge in [0.25, 0.3) is 6.43 Å². The third-order valence-electron chi connectivity index (χ3n) is 3.89. The number of hydrogen-bond donors (Lipinski definition) is 1. The van der Waals surface area contributed by atoms with E-state index in [1.54, 1.807) is 0 Å². The number of rotatable bonds is 6. The number of nitrogens with one attached hydrogen (secondary N) is 1. The maximum atomic E-state index is 13.6. The first-order valence-corrected chi connectivity index (χ1v) is 7.79. The van der Waals surface area contributed by atoms with Crippen molar-refractivity contribution in [2.75, 3.05) is 5.32 Å². The van der Waals surface area contributed by atoms with Crippen LogP contribution in [0.1, 0.15) is 24.2 Å². The fourth-order valence-electron chi connectivity index (χ4n) is 2.55. The fourth-order valence-corrected chi connectivity index (χ4v) is 2.55. The molecule has 0 unspecified atom stereocenters. The summed E-state index contributed by atoms with van der Waals surface area (Å²) in [5, 5.41) is 6.03. The van der Waals surface area contributed by atoms with E-state index in [1.807, 2.05) is 0 Å². The molecule has 0 saturated heterocycles. The van der Waals surface area contributed by atoms with Gasteiger partial charge in [0.15, 0.2) is 0 Å². The van der Waals surface area contributed by atoms with E-state index in [0.717, 1.165) is 18.3 Å². The van der Waals surface area contributed by atoms with E-state index in [-0.39, 0.29) is 27.9 Å². The number of halogens is 6. The summed E-state index contributed by atoms with van der Waals surface area (Å²) in [6.45, 7) is -3.16. The third-order valence-corrected chi connectivity index (χ3v) is 3.89. The van der Waals surface area contributed by atoms with Crippen molar-refractivity contribution in [2.24, 2.45) is 0 Å².